The first-order chi connectivity index (χ1) is 8.51. The summed E-state index contributed by atoms with van der Waals surface area (Å²) in [7, 11) is -3.15. The zero-order chi connectivity index (χ0) is 13.2. The molecule has 5 nitrogen and oxygen atoms in total. The van der Waals surface area contributed by atoms with E-state index >= 15 is 0 Å². The van der Waals surface area contributed by atoms with Crippen LogP contribution in [0.5, 0.6) is 0 Å². The van der Waals surface area contributed by atoms with Gasteiger partial charge in [0.15, 0.2) is 0 Å². The highest BCUT2D eigenvalue weighted by atomic mass is 32.2. The van der Waals surface area contributed by atoms with E-state index in [0.29, 0.717) is 26.1 Å². The normalized spacial score (nSPS) is 21.6. The van der Waals surface area contributed by atoms with Gasteiger partial charge in [-0.25, -0.2) is 13.1 Å². The van der Waals surface area contributed by atoms with Crippen LogP contribution in [0.4, 0.5) is 0 Å². The minimum absolute atomic E-state index is 0.298. The summed E-state index contributed by atoms with van der Waals surface area (Å²) in [4.78, 5) is 2.12. The predicted octanol–water partition coefficient (Wildman–Crippen LogP) is 1.10. The van der Waals surface area contributed by atoms with Crippen molar-refractivity contribution in [1.29, 1.82) is 0 Å². The summed E-state index contributed by atoms with van der Waals surface area (Å²) in [6.45, 7) is 6.23. The van der Waals surface area contributed by atoms with Crippen molar-refractivity contribution < 1.29 is 12.8 Å². The van der Waals surface area contributed by atoms with E-state index in [4.69, 9.17) is 4.42 Å². The lowest BCUT2D eigenvalue weighted by Gasteiger charge is -2.14. The predicted molar refractivity (Wildman–Crippen MR) is 69.7 cm³/mol. The molecule has 1 fully saturated rings. The summed E-state index contributed by atoms with van der Waals surface area (Å²) in [5.74, 6) is 1.79. The molecule has 0 aromatic carbocycles. The van der Waals surface area contributed by atoms with Crippen LogP contribution < -0.4 is 4.72 Å². The Balaban J connectivity index is 1.92. The molecule has 102 valence electrons. The van der Waals surface area contributed by atoms with E-state index in [9.17, 15) is 8.42 Å². The Bertz CT molecular complexity index is 495. The molecule has 0 amide bonds. The van der Waals surface area contributed by atoms with Crippen molar-refractivity contribution in [2.75, 3.05) is 19.6 Å². The molecule has 0 unspecified atom stereocenters. The van der Waals surface area contributed by atoms with Crippen molar-refractivity contribution in [3.05, 3.63) is 23.7 Å². The highest BCUT2D eigenvalue weighted by Crippen LogP contribution is 2.19. The van der Waals surface area contributed by atoms with Gasteiger partial charge in [-0.15, -0.1) is 0 Å². The summed E-state index contributed by atoms with van der Waals surface area (Å²) in [6, 6.07) is 3.87. The van der Waals surface area contributed by atoms with E-state index in [-0.39, 0.29) is 5.25 Å². The van der Waals surface area contributed by atoms with Gasteiger partial charge in [-0.1, -0.05) is 6.92 Å². The van der Waals surface area contributed by atoms with Gasteiger partial charge in [0, 0.05) is 19.6 Å². The van der Waals surface area contributed by atoms with Crippen LogP contribution in [0.15, 0.2) is 16.5 Å². The molecular weight excluding hydrogens is 252 g/mol. The molecule has 1 atom stereocenters. The van der Waals surface area contributed by atoms with E-state index in [2.05, 4.69) is 9.62 Å². The number of likely N-dealkylation sites (tertiary alicyclic amines) is 1. The van der Waals surface area contributed by atoms with Crippen LogP contribution in [0, 0.1) is 6.92 Å². The zero-order valence-corrected chi connectivity index (χ0v) is 11.7. The lowest BCUT2D eigenvalue weighted by Crippen LogP contribution is -2.36. The lowest BCUT2D eigenvalue weighted by molar-refractivity contribution is 0.294. The average molecular weight is 272 g/mol. The Morgan fingerprint density at radius 3 is 2.89 bits per heavy atom. The van der Waals surface area contributed by atoms with Gasteiger partial charge >= 0.3 is 0 Å². The SMILES string of the molecule is CCNS(=O)(=O)[C@H]1CCN(Cc2ccc(C)o2)C1. The van der Waals surface area contributed by atoms with Gasteiger partial charge in [0.1, 0.15) is 11.5 Å². The number of rotatable bonds is 5. The second kappa shape index (κ2) is 5.42. The number of aryl methyl sites for hydroxylation is 1. The van der Waals surface area contributed by atoms with Gasteiger partial charge in [-0.05, 0) is 25.5 Å². The first kappa shape index (κ1) is 13.6. The Morgan fingerprint density at radius 1 is 1.50 bits per heavy atom. The molecule has 2 rings (SSSR count). The Labute approximate surface area is 108 Å². The van der Waals surface area contributed by atoms with Crippen molar-refractivity contribution in [3.8, 4) is 0 Å². The van der Waals surface area contributed by atoms with Crippen molar-refractivity contribution >= 4 is 10.0 Å². The average Bonchev–Trinajstić information content (AvgIpc) is 2.89. The number of nitrogens with zero attached hydrogens (tertiary/aromatic N) is 1. The third-order valence-electron chi connectivity index (χ3n) is 3.19. The fraction of sp³-hybridized carbons (Fsp3) is 0.667. The molecule has 1 aromatic heterocycles. The molecular formula is C12H20N2O3S. The minimum atomic E-state index is -3.15. The molecule has 18 heavy (non-hydrogen) atoms. The van der Waals surface area contributed by atoms with Crippen molar-refractivity contribution in [1.82, 2.24) is 9.62 Å². The van der Waals surface area contributed by atoms with E-state index < -0.39 is 10.0 Å². The maximum Gasteiger partial charge on any atom is 0.215 e. The second-order valence-corrected chi connectivity index (χ2v) is 6.75. The summed E-state index contributed by atoms with van der Waals surface area (Å²) in [6.07, 6.45) is 0.690. The standard InChI is InChI=1S/C12H20N2O3S/c1-3-13-18(15,16)12-6-7-14(9-12)8-11-5-4-10(2)17-11/h4-5,12-13H,3,6-9H2,1-2H3/t12-/m0/s1. The molecule has 1 aliphatic heterocycles. The molecule has 0 radical (unpaired) electrons. The molecule has 0 spiro atoms. The lowest BCUT2D eigenvalue weighted by atomic mass is 10.4. The Hall–Kier alpha value is -0.850. The molecule has 1 saturated heterocycles. The van der Waals surface area contributed by atoms with Gasteiger partial charge in [-0.2, -0.15) is 0 Å². The second-order valence-electron chi connectivity index (χ2n) is 4.70. The topological polar surface area (TPSA) is 62.6 Å². The van der Waals surface area contributed by atoms with Crippen LogP contribution in [-0.4, -0.2) is 38.2 Å². The van der Waals surface area contributed by atoms with Crippen LogP contribution in [0.2, 0.25) is 0 Å². The maximum atomic E-state index is 11.9. The highest BCUT2D eigenvalue weighted by molar-refractivity contribution is 7.90. The summed E-state index contributed by atoms with van der Waals surface area (Å²) in [5, 5.41) is -0.298. The first-order valence-corrected chi connectivity index (χ1v) is 7.82. The number of nitrogens with one attached hydrogen (secondary N) is 1. The van der Waals surface area contributed by atoms with E-state index in [1.807, 2.05) is 19.1 Å². The van der Waals surface area contributed by atoms with E-state index in [1.165, 1.54) is 0 Å². The van der Waals surface area contributed by atoms with Gasteiger partial charge in [0.05, 0.1) is 11.8 Å². The summed E-state index contributed by atoms with van der Waals surface area (Å²) >= 11 is 0. The van der Waals surface area contributed by atoms with E-state index in [1.54, 1.807) is 6.92 Å². The van der Waals surface area contributed by atoms with Crippen LogP contribution in [-0.2, 0) is 16.6 Å². The minimum Gasteiger partial charge on any atom is -0.465 e. The number of hydrogen-bond donors (Lipinski definition) is 1. The third-order valence-corrected chi connectivity index (χ3v) is 5.14. The quantitative estimate of drug-likeness (QED) is 0.872. The molecule has 1 aliphatic rings. The smallest absolute Gasteiger partial charge is 0.215 e. The van der Waals surface area contributed by atoms with Gasteiger partial charge in [-0.3, -0.25) is 4.90 Å². The first-order valence-electron chi connectivity index (χ1n) is 6.27. The number of furan rings is 1. The highest BCUT2D eigenvalue weighted by Gasteiger charge is 2.32. The van der Waals surface area contributed by atoms with Crippen LogP contribution in [0.3, 0.4) is 0 Å². The maximum absolute atomic E-state index is 11.9. The fourth-order valence-corrected chi connectivity index (χ4v) is 3.76. The molecule has 0 bridgehead atoms. The molecule has 6 heteroatoms. The largest absolute Gasteiger partial charge is 0.465 e. The molecule has 2 heterocycles. The molecule has 0 aliphatic carbocycles. The molecule has 0 saturated carbocycles. The summed E-state index contributed by atoms with van der Waals surface area (Å²) in [5.41, 5.74) is 0. The molecule has 1 aromatic rings. The van der Waals surface area contributed by atoms with Crippen molar-refractivity contribution in [2.24, 2.45) is 0 Å². The van der Waals surface area contributed by atoms with Crippen molar-refractivity contribution in [3.63, 3.8) is 0 Å². The summed E-state index contributed by atoms with van der Waals surface area (Å²) < 4.78 is 31.8. The van der Waals surface area contributed by atoms with Crippen LogP contribution >= 0.6 is 0 Å². The van der Waals surface area contributed by atoms with Gasteiger partial charge < -0.3 is 4.42 Å². The molecule has 1 N–H and O–H groups in total. The van der Waals surface area contributed by atoms with Crippen LogP contribution in [0.1, 0.15) is 24.9 Å². The van der Waals surface area contributed by atoms with Crippen LogP contribution in [0.25, 0.3) is 0 Å². The Kier molecular flexibility index (Phi) is 4.09. The van der Waals surface area contributed by atoms with Gasteiger partial charge in [0.25, 0.3) is 0 Å². The van der Waals surface area contributed by atoms with Crippen molar-refractivity contribution in [2.45, 2.75) is 32.1 Å². The monoisotopic (exact) mass is 272 g/mol. The van der Waals surface area contributed by atoms with E-state index in [0.717, 1.165) is 18.1 Å². The van der Waals surface area contributed by atoms with Gasteiger partial charge in [0.2, 0.25) is 10.0 Å². The number of hydrogen-bond acceptors (Lipinski definition) is 4. The fourth-order valence-electron chi connectivity index (χ4n) is 2.30. The zero-order valence-electron chi connectivity index (χ0n) is 10.8. The number of sulfonamides is 1. The third kappa shape index (κ3) is 3.13. The Morgan fingerprint density at radius 2 is 2.28 bits per heavy atom.